The van der Waals surface area contributed by atoms with Crippen molar-refractivity contribution in [1.82, 2.24) is 10.3 Å². The van der Waals surface area contributed by atoms with Crippen LogP contribution in [0.5, 0.6) is 0 Å². The van der Waals surface area contributed by atoms with Crippen LogP contribution in [-0.4, -0.2) is 17.6 Å². The van der Waals surface area contributed by atoms with Gasteiger partial charge < -0.3 is 10.1 Å². The summed E-state index contributed by atoms with van der Waals surface area (Å²) < 4.78 is 5.99. The molecular weight excluding hydrogens is 244 g/mol. The molecule has 1 aliphatic carbocycles. The average molecular weight is 266 g/mol. The van der Waals surface area contributed by atoms with Crippen LogP contribution < -0.4 is 5.32 Å². The fourth-order valence-corrected chi connectivity index (χ4v) is 3.59. The molecule has 0 spiro atoms. The Morgan fingerprint density at radius 3 is 2.94 bits per heavy atom. The van der Waals surface area contributed by atoms with E-state index in [2.05, 4.69) is 19.2 Å². The van der Waals surface area contributed by atoms with E-state index >= 15 is 0 Å². The molecule has 1 saturated heterocycles. The van der Waals surface area contributed by atoms with Gasteiger partial charge in [0.05, 0.1) is 5.69 Å². The van der Waals surface area contributed by atoms with Gasteiger partial charge in [-0.15, -0.1) is 11.3 Å². The van der Waals surface area contributed by atoms with Crippen molar-refractivity contribution in [2.45, 2.75) is 64.1 Å². The smallest absolute Gasteiger partial charge is 0.125 e. The van der Waals surface area contributed by atoms with Crippen molar-refractivity contribution in [3.8, 4) is 0 Å². The maximum absolute atomic E-state index is 5.99. The summed E-state index contributed by atoms with van der Waals surface area (Å²) in [7, 11) is 0. The zero-order chi connectivity index (χ0) is 12.6. The van der Waals surface area contributed by atoms with Crippen LogP contribution in [0.3, 0.4) is 0 Å². The minimum Gasteiger partial charge on any atom is -0.368 e. The van der Waals surface area contributed by atoms with Crippen molar-refractivity contribution in [3.05, 3.63) is 15.6 Å². The molecule has 0 amide bonds. The number of thiazole rings is 1. The van der Waals surface area contributed by atoms with Gasteiger partial charge in [0.1, 0.15) is 10.6 Å². The van der Waals surface area contributed by atoms with Crippen LogP contribution in [0.25, 0.3) is 0 Å². The second kappa shape index (κ2) is 4.91. The molecule has 1 aromatic rings. The molecule has 3 nitrogen and oxygen atoms in total. The third-order valence-electron chi connectivity index (χ3n) is 3.94. The molecule has 0 bridgehead atoms. The Bertz CT molecular complexity index is 419. The van der Waals surface area contributed by atoms with Gasteiger partial charge >= 0.3 is 0 Å². The minimum absolute atomic E-state index is 0.133. The van der Waals surface area contributed by atoms with Gasteiger partial charge in [-0.05, 0) is 46.0 Å². The molecular formula is C14H22N2OS. The van der Waals surface area contributed by atoms with E-state index in [0.29, 0.717) is 0 Å². The van der Waals surface area contributed by atoms with Crippen LogP contribution in [0.2, 0.25) is 0 Å². The van der Waals surface area contributed by atoms with Gasteiger partial charge in [-0.2, -0.15) is 0 Å². The number of aryl methyl sites for hydroxylation is 1. The first kappa shape index (κ1) is 12.6. The topological polar surface area (TPSA) is 34.1 Å². The van der Waals surface area contributed by atoms with Gasteiger partial charge in [0.2, 0.25) is 0 Å². The van der Waals surface area contributed by atoms with E-state index < -0.39 is 0 Å². The highest BCUT2D eigenvalue weighted by atomic mass is 32.1. The largest absolute Gasteiger partial charge is 0.368 e. The Morgan fingerprint density at radius 2 is 2.28 bits per heavy atom. The van der Waals surface area contributed by atoms with E-state index in [1.807, 2.05) is 11.3 Å². The van der Waals surface area contributed by atoms with Crippen molar-refractivity contribution < 1.29 is 4.74 Å². The maximum Gasteiger partial charge on any atom is 0.125 e. The monoisotopic (exact) mass is 266 g/mol. The Balaban J connectivity index is 1.73. The Labute approximate surface area is 113 Å². The molecule has 4 heteroatoms. The minimum atomic E-state index is -0.133. The third-order valence-corrected chi connectivity index (χ3v) is 5.35. The molecule has 0 radical (unpaired) electrons. The molecule has 1 N–H and O–H groups in total. The highest BCUT2D eigenvalue weighted by molar-refractivity contribution is 7.11. The number of ether oxygens (including phenoxy) is 1. The first-order valence-electron chi connectivity index (χ1n) is 7.01. The number of rotatable bonds is 4. The van der Waals surface area contributed by atoms with Crippen molar-refractivity contribution >= 4 is 11.3 Å². The number of aromatic nitrogens is 1. The molecule has 3 rings (SSSR count). The molecule has 0 aromatic carbocycles. The lowest BCUT2D eigenvalue weighted by Crippen LogP contribution is -2.29. The molecule has 1 saturated carbocycles. The van der Waals surface area contributed by atoms with Gasteiger partial charge in [0.15, 0.2) is 0 Å². The van der Waals surface area contributed by atoms with Gasteiger partial charge in [0.25, 0.3) is 0 Å². The number of hydrogen-bond acceptors (Lipinski definition) is 4. The summed E-state index contributed by atoms with van der Waals surface area (Å²) in [5, 5.41) is 4.75. The van der Waals surface area contributed by atoms with Gasteiger partial charge in [-0.1, -0.05) is 0 Å². The number of hydrogen-bond donors (Lipinski definition) is 1. The Morgan fingerprint density at radius 1 is 1.44 bits per heavy atom. The van der Waals surface area contributed by atoms with E-state index in [1.54, 1.807) is 0 Å². The fraction of sp³-hybridized carbons (Fsp3) is 0.786. The maximum atomic E-state index is 5.99. The fourth-order valence-electron chi connectivity index (χ4n) is 2.45. The molecule has 100 valence electrons. The predicted molar refractivity (Wildman–Crippen MR) is 73.9 cm³/mol. The van der Waals surface area contributed by atoms with Crippen molar-refractivity contribution in [2.24, 2.45) is 0 Å². The molecule has 1 aromatic heterocycles. The summed E-state index contributed by atoms with van der Waals surface area (Å²) in [6.45, 7) is 6.17. The number of nitrogens with one attached hydrogen (secondary N) is 1. The van der Waals surface area contributed by atoms with Crippen LogP contribution in [0.1, 0.15) is 54.6 Å². The van der Waals surface area contributed by atoms with Crippen molar-refractivity contribution in [1.29, 1.82) is 0 Å². The molecule has 2 aliphatic rings. The molecule has 1 aliphatic heterocycles. The summed E-state index contributed by atoms with van der Waals surface area (Å²) in [5.41, 5.74) is 1.05. The quantitative estimate of drug-likeness (QED) is 0.909. The van der Waals surface area contributed by atoms with Crippen LogP contribution in [0.15, 0.2) is 0 Å². The highest BCUT2D eigenvalue weighted by Gasteiger charge is 2.33. The molecule has 18 heavy (non-hydrogen) atoms. The van der Waals surface area contributed by atoms with Gasteiger partial charge in [-0.3, -0.25) is 0 Å². The summed E-state index contributed by atoms with van der Waals surface area (Å²) in [6.07, 6.45) is 6.23. The number of nitrogens with zero attached hydrogens (tertiary/aromatic N) is 1. The molecule has 2 heterocycles. The first-order chi connectivity index (χ1) is 8.67. The van der Waals surface area contributed by atoms with Crippen LogP contribution >= 0.6 is 11.3 Å². The van der Waals surface area contributed by atoms with Crippen LogP contribution in [0.4, 0.5) is 0 Å². The van der Waals surface area contributed by atoms with Crippen molar-refractivity contribution in [3.63, 3.8) is 0 Å². The average Bonchev–Trinajstić information content (AvgIpc) is 3.11. The molecule has 1 atom stereocenters. The van der Waals surface area contributed by atoms with Gasteiger partial charge in [-0.25, -0.2) is 4.98 Å². The molecule has 1 unspecified atom stereocenters. The van der Waals surface area contributed by atoms with Crippen molar-refractivity contribution in [2.75, 3.05) is 6.61 Å². The van der Waals surface area contributed by atoms with Gasteiger partial charge in [0, 0.05) is 24.1 Å². The van der Waals surface area contributed by atoms with E-state index in [0.717, 1.165) is 25.6 Å². The summed E-state index contributed by atoms with van der Waals surface area (Å²) >= 11 is 1.84. The lowest BCUT2D eigenvalue weighted by molar-refractivity contribution is -0.0702. The lowest BCUT2D eigenvalue weighted by Gasteiger charge is -2.31. The highest BCUT2D eigenvalue weighted by Crippen LogP contribution is 2.38. The lowest BCUT2D eigenvalue weighted by atomic mass is 9.97. The van der Waals surface area contributed by atoms with E-state index in [1.165, 1.54) is 41.3 Å². The summed E-state index contributed by atoms with van der Waals surface area (Å²) in [5.74, 6) is 0. The zero-order valence-corrected chi connectivity index (χ0v) is 12.1. The Kier molecular flexibility index (Phi) is 3.43. The Hall–Kier alpha value is -0.450. The van der Waals surface area contributed by atoms with Crippen LogP contribution in [-0.2, 0) is 16.9 Å². The zero-order valence-electron chi connectivity index (χ0n) is 11.3. The second-order valence-electron chi connectivity index (χ2n) is 5.72. The second-order valence-corrected chi connectivity index (χ2v) is 6.80. The summed E-state index contributed by atoms with van der Waals surface area (Å²) in [4.78, 5) is 6.14. The predicted octanol–water partition coefficient (Wildman–Crippen LogP) is 3.12. The SMILES string of the molecule is Cc1nc(C2(C)CCCCO2)sc1CNC1CC1. The van der Waals surface area contributed by atoms with E-state index in [-0.39, 0.29) is 5.60 Å². The van der Waals surface area contributed by atoms with E-state index in [4.69, 9.17) is 9.72 Å². The third kappa shape index (κ3) is 2.60. The van der Waals surface area contributed by atoms with Crippen LogP contribution in [0, 0.1) is 6.92 Å². The molecule has 2 fully saturated rings. The summed E-state index contributed by atoms with van der Waals surface area (Å²) in [6, 6.07) is 0.761. The van der Waals surface area contributed by atoms with E-state index in [9.17, 15) is 0 Å². The normalized spacial score (nSPS) is 28.6. The standard InChI is InChI=1S/C14H22N2OS/c1-10-12(9-15-11-5-6-11)18-13(16-10)14(2)7-3-4-8-17-14/h11,15H,3-9H2,1-2H3. The first-order valence-corrected chi connectivity index (χ1v) is 7.83.